The van der Waals surface area contributed by atoms with Crippen LogP contribution in [0.2, 0.25) is 0 Å². The maximum absolute atomic E-state index is 14.4. The molecule has 3 N–H and O–H groups in total. The standard InChI is InChI=1S/C52H81NO12/c1-11-39-29-40-22-20-37(8)52(61,65-40)49(58)50(59)53-24-16-15-19-41(53)51(60)64-44(34(5)27-38-21-23-42(54)45(28-38)62-9)30-43(55)33(4)26-36(7)47(57)48(63-10)46(56)35(6)25-31(2)17-13-12-14-18-32(39)3/h12-14,17-18,26,31,33-35,37-42,44-45,47-48,54,57,61H,11,15-16,19-25,27-30H2,1-10H3/b14-12?,17-13+,32-18?,36-26+/t31-,33-,34?,35-,37-,38-,39+,40+,41+,42-,44+,45-,47-,48+,52-/m1/s1. The van der Waals surface area contributed by atoms with E-state index in [1.165, 1.54) is 12.0 Å². The molecule has 3 fully saturated rings. The van der Waals surface area contributed by atoms with Gasteiger partial charge in [-0.3, -0.25) is 19.2 Å². The van der Waals surface area contributed by atoms with Gasteiger partial charge in [0.05, 0.1) is 18.3 Å². The van der Waals surface area contributed by atoms with E-state index >= 15 is 0 Å². The molecule has 0 spiro atoms. The van der Waals surface area contributed by atoms with Crippen LogP contribution in [0.15, 0.2) is 47.6 Å². The summed E-state index contributed by atoms with van der Waals surface area (Å²) >= 11 is 0. The second-order valence-electron chi connectivity index (χ2n) is 20.0. The minimum atomic E-state index is -2.37. The van der Waals surface area contributed by atoms with Crippen LogP contribution in [0.25, 0.3) is 0 Å². The fourth-order valence-corrected chi connectivity index (χ4v) is 10.4. The lowest BCUT2D eigenvalue weighted by Gasteiger charge is -2.43. The second-order valence-corrected chi connectivity index (χ2v) is 20.0. The number of allylic oxidation sites excluding steroid dienone is 7. The topological polar surface area (TPSA) is 186 Å². The number of carbonyl (C=O) groups excluding carboxylic acids is 5. The number of hydrogen-bond acceptors (Lipinski definition) is 12. The summed E-state index contributed by atoms with van der Waals surface area (Å²) in [5, 5.41) is 33.9. The molecule has 2 saturated heterocycles. The summed E-state index contributed by atoms with van der Waals surface area (Å²) in [4.78, 5) is 71.9. The molecule has 1 unspecified atom stereocenters. The number of nitrogens with zero attached hydrogens (tertiary/aromatic N) is 1. The van der Waals surface area contributed by atoms with Crippen LogP contribution in [0.5, 0.6) is 0 Å². The molecule has 1 saturated carbocycles. The number of ether oxygens (including phenoxy) is 4. The fraction of sp³-hybridized carbons (Fsp3) is 0.750. The van der Waals surface area contributed by atoms with Gasteiger partial charge in [-0.2, -0.15) is 0 Å². The van der Waals surface area contributed by atoms with Crippen LogP contribution >= 0.6 is 0 Å². The van der Waals surface area contributed by atoms with Gasteiger partial charge in [0.1, 0.15) is 30.1 Å². The van der Waals surface area contributed by atoms with E-state index in [0.717, 1.165) is 18.4 Å². The molecule has 2 bridgehead atoms. The predicted molar refractivity (Wildman–Crippen MR) is 248 cm³/mol. The summed E-state index contributed by atoms with van der Waals surface area (Å²) in [6, 6.07) is -1.12. The van der Waals surface area contributed by atoms with E-state index in [2.05, 4.69) is 6.92 Å². The highest BCUT2D eigenvalue weighted by Gasteiger charge is 2.53. The number of rotatable bonds is 6. The van der Waals surface area contributed by atoms with Gasteiger partial charge >= 0.3 is 5.97 Å². The predicted octanol–water partition coefficient (Wildman–Crippen LogP) is 7.19. The highest BCUT2D eigenvalue weighted by atomic mass is 16.6. The van der Waals surface area contributed by atoms with Crippen molar-refractivity contribution in [2.45, 2.75) is 187 Å². The van der Waals surface area contributed by atoms with Crippen LogP contribution in [0.4, 0.5) is 0 Å². The SMILES string of the molecule is CC[C@H]1C[C@@H]2CC[C@@H](C)[C@@](O)(O2)C(=O)C(=O)N2CCCC[C@H]2C(=O)O[C@H](C(C)C[C@H]2CC[C@@H](O)[C@H](OC)C2)CC(=O)[C@H](C)/C=C(\C)[C@@H](O)[C@@H](OC)C(=O)[C@H](C)C[C@H](C)/C=C/C=CC=C1C. The monoisotopic (exact) mass is 912 g/mol. The molecular formula is C52H81NO12. The van der Waals surface area contributed by atoms with Crippen LogP contribution in [-0.2, 0) is 42.9 Å². The lowest BCUT2D eigenvalue weighted by atomic mass is 9.78. The smallest absolute Gasteiger partial charge is 0.329 e. The van der Waals surface area contributed by atoms with Crippen molar-refractivity contribution in [3.05, 3.63) is 47.6 Å². The van der Waals surface area contributed by atoms with Crippen LogP contribution in [0.3, 0.4) is 0 Å². The lowest BCUT2D eigenvalue weighted by Crippen LogP contribution is -2.60. The summed E-state index contributed by atoms with van der Waals surface area (Å²) < 4.78 is 23.7. The molecule has 13 nitrogen and oxygen atoms in total. The summed E-state index contributed by atoms with van der Waals surface area (Å²) in [5.41, 5.74) is 1.50. The van der Waals surface area contributed by atoms with E-state index < -0.39 is 77.8 Å². The van der Waals surface area contributed by atoms with E-state index in [0.29, 0.717) is 63.4 Å². The first-order valence-electron chi connectivity index (χ1n) is 24.4. The van der Waals surface area contributed by atoms with Crippen LogP contribution < -0.4 is 0 Å². The second kappa shape index (κ2) is 25.2. The molecule has 3 aliphatic heterocycles. The molecule has 15 atom stereocenters. The number of esters is 1. The lowest BCUT2D eigenvalue weighted by molar-refractivity contribution is -0.264. The number of cyclic esters (lactones) is 1. The molecule has 0 aromatic rings. The number of Topliss-reactive ketones (excluding diaryl/α,β-unsaturated/α-hetero) is 3. The van der Waals surface area contributed by atoms with E-state index in [-0.39, 0.29) is 60.7 Å². The Labute approximate surface area is 388 Å². The van der Waals surface area contributed by atoms with Gasteiger partial charge in [-0.15, -0.1) is 0 Å². The van der Waals surface area contributed by atoms with Gasteiger partial charge in [-0.05, 0) is 120 Å². The van der Waals surface area contributed by atoms with Gasteiger partial charge in [0.25, 0.3) is 11.7 Å². The third-order valence-electron chi connectivity index (χ3n) is 14.9. The largest absolute Gasteiger partial charge is 0.460 e. The molecule has 1 amide bonds. The highest BCUT2D eigenvalue weighted by molar-refractivity contribution is 6.39. The first-order chi connectivity index (χ1) is 30.7. The van der Waals surface area contributed by atoms with Crippen molar-refractivity contribution in [2.75, 3.05) is 20.8 Å². The Hall–Kier alpha value is -3.33. The minimum absolute atomic E-state index is 0.0440. The Kier molecular flexibility index (Phi) is 21.0. The number of carbonyl (C=O) groups is 5. The summed E-state index contributed by atoms with van der Waals surface area (Å²) in [6.07, 6.45) is 13.4. The molecule has 4 aliphatic rings. The van der Waals surface area contributed by atoms with Crippen molar-refractivity contribution in [3.8, 4) is 0 Å². The number of piperidine rings is 1. The summed E-state index contributed by atoms with van der Waals surface area (Å²) in [6.45, 7) is 15.0. The number of methoxy groups -OCH3 is 2. The average molecular weight is 912 g/mol. The fourth-order valence-electron chi connectivity index (χ4n) is 10.4. The van der Waals surface area contributed by atoms with Crippen molar-refractivity contribution >= 4 is 29.2 Å². The van der Waals surface area contributed by atoms with E-state index in [9.17, 15) is 39.3 Å². The minimum Gasteiger partial charge on any atom is -0.460 e. The van der Waals surface area contributed by atoms with Gasteiger partial charge < -0.3 is 39.2 Å². The van der Waals surface area contributed by atoms with Crippen molar-refractivity contribution < 1.29 is 58.2 Å². The van der Waals surface area contributed by atoms with Crippen molar-refractivity contribution in [1.82, 2.24) is 4.90 Å². The molecule has 3 heterocycles. The van der Waals surface area contributed by atoms with Gasteiger partial charge in [0.15, 0.2) is 5.78 Å². The van der Waals surface area contributed by atoms with Crippen LogP contribution in [-0.4, -0.2) is 119 Å². The molecule has 1 aliphatic carbocycles. The molecule has 4 rings (SSSR count). The van der Waals surface area contributed by atoms with Crippen LogP contribution in [0.1, 0.15) is 139 Å². The Morgan fingerprint density at radius 1 is 0.877 bits per heavy atom. The number of aliphatic hydroxyl groups is 3. The molecule has 0 radical (unpaired) electrons. The number of ketones is 3. The molecule has 0 aromatic carbocycles. The number of fused-ring (bicyclic) bond motifs is 3. The first kappa shape index (κ1) is 54.3. The summed E-state index contributed by atoms with van der Waals surface area (Å²) in [5.74, 6) is -7.60. The first-order valence-corrected chi connectivity index (χ1v) is 24.4. The highest BCUT2D eigenvalue weighted by Crippen LogP contribution is 2.38. The van der Waals surface area contributed by atoms with E-state index in [1.54, 1.807) is 34.0 Å². The molecule has 366 valence electrons. The van der Waals surface area contributed by atoms with Crippen molar-refractivity contribution in [1.29, 1.82) is 0 Å². The molecular weight excluding hydrogens is 831 g/mol. The van der Waals surface area contributed by atoms with Crippen molar-refractivity contribution in [3.63, 3.8) is 0 Å². The van der Waals surface area contributed by atoms with Crippen LogP contribution in [0, 0.1) is 41.4 Å². The maximum Gasteiger partial charge on any atom is 0.329 e. The normalized spacial score (nSPS) is 39.1. The third-order valence-corrected chi connectivity index (χ3v) is 14.9. The zero-order valence-electron chi connectivity index (χ0n) is 40.9. The quantitative estimate of drug-likeness (QED) is 0.139. The van der Waals surface area contributed by atoms with Gasteiger partial charge in [-0.1, -0.05) is 83.6 Å². The molecule has 65 heavy (non-hydrogen) atoms. The molecule has 0 aromatic heterocycles. The average Bonchev–Trinajstić information content (AvgIpc) is 3.28. The number of hydrogen-bond donors (Lipinski definition) is 3. The van der Waals surface area contributed by atoms with Gasteiger partial charge in [-0.25, -0.2) is 4.79 Å². The van der Waals surface area contributed by atoms with E-state index in [1.807, 2.05) is 58.1 Å². The van der Waals surface area contributed by atoms with Gasteiger partial charge in [0, 0.05) is 44.9 Å². The Bertz CT molecular complexity index is 1750. The van der Waals surface area contributed by atoms with E-state index in [4.69, 9.17) is 18.9 Å². The Balaban J connectivity index is 1.70. The third kappa shape index (κ3) is 14.3. The Morgan fingerprint density at radius 3 is 2.28 bits per heavy atom. The zero-order valence-corrected chi connectivity index (χ0v) is 40.9. The number of aliphatic hydroxyl groups excluding tert-OH is 2. The molecule has 13 heteroatoms. The van der Waals surface area contributed by atoms with Crippen molar-refractivity contribution in [2.24, 2.45) is 41.4 Å². The Morgan fingerprint density at radius 2 is 1.60 bits per heavy atom. The maximum atomic E-state index is 14.4. The van der Waals surface area contributed by atoms with Gasteiger partial charge in [0.2, 0.25) is 5.79 Å². The number of amides is 1. The summed E-state index contributed by atoms with van der Waals surface area (Å²) in [7, 11) is 2.96. The zero-order chi connectivity index (χ0) is 48.2.